The van der Waals surface area contributed by atoms with Gasteiger partial charge in [0, 0.05) is 0 Å². The summed E-state index contributed by atoms with van der Waals surface area (Å²) >= 11 is 0. The average molecular weight is 221 g/mol. The third-order valence-electron chi connectivity index (χ3n) is 2.90. The number of nitrogens with zero attached hydrogens (tertiary/aromatic N) is 1. The van der Waals surface area contributed by atoms with Crippen LogP contribution >= 0.6 is 0 Å². The molecule has 17 heavy (non-hydrogen) atoms. The van der Waals surface area contributed by atoms with E-state index < -0.39 is 0 Å². The van der Waals surface area contributed by atoms with Crippen molar-refractivity contribution in [2.75, 3.05) is 0 Å². The van der Waals surface area contributed by atoms with Gasteiger partial charge in [0.25, 0.3) is 0 Å². The highest BCUT2D eigenvalue weighted by atomic mass is 14.2. The van der Waals surface area contributed by atoms with E-state index in [1.54, 1.807) is 0 Å². The number of rotatable bonds is 2. The number of benzene rings is 2. The minimum absolute atomic E-state index is 0.369. The Bertz CT molecular complexity index is 547. The first-order valence-corrected chi connectivity index (χ1v) is 5.82. The fourth-order valence-corrected chi connectivity index (χ4v) is 1.95. The molecule has 0 radical (unpaired) electrons. The van der Waals surface area contributed by atoms with Gasteiger partial charge in [-0.05, 0) is 34.7 Å². The van der Waals surface area contributed by atoms with Crippen LogP contribution in [0.4, 0.5) is 0 Å². The second-order valence-electron chi connectivity index (χ2n) is 4.43. The third-order valence-corrected chi connectivity index (χ3v) is 2.90. The van der Waals surface area contributed by atoms with Crippen LogP contribution in [-0.4, -0.2) is 0 Å². The van der Waals surface area contributed by atoms with Gasteiger partial charge in [-0.1, -0.05) is 50.2 Å². The largest absolute Gasteiger partial charge is 0.192 e. The van der Waals surface area contributed by atoms with Gasteiger partial charge < -0.3 is 0 Å². The highest BCUT2D eigenvalue weighted by Gasteiger charge is 2.08. The quantitative estimate of drug-likeness (QED) is 0.739. The predicted molar refractivity (Wildman–Crippen MR) is 70.7 cm³/mol. The van der Waals surface area contributed by atoms with Gasteiger partial charge in [0.05, 0.1) is 11.6 Å². The average Bonchev–Trinajstić information content (AvgIpc) is 2.39. The van der Waals surface area contributed by atoms with Crippen LogP contribution in [0.1, 0.15) is 30.9 Å². The molecule has 0 fully saturated rings. The van der Waals surface area contributed by atoms with Crippen LogP contribution in [0.25, 0.3) is 11.1 Å². The summed E-state index contributed by atoms with van der Waals surface area (Å²) in [6.45, 7) is 4.23. The summed E-state index contributed by atoms with van der Waals surface area (Å²) in [5.74, 6) is 0.369. The van der Waals surface area contributed by atoms with Crippen LogP contribution < -0.4 is 0 Å². The van der Waals surface area contributed by atoms with Crippen molar-refractivity contribution in [1.82, 2.24) is 0 Å². The minimum atomic E-state index is 0.369. The Morgan fingerprint density at radius 2 is 1.65 bits per heavy atom. The molecule has 84 valence electrons. The van der Waals surface area contributed by atoms with Crippen molar-refractivity contribution in [2.45, 2.75) is 19.8 Å². The molecule has 2 aromatic rings. The van der Waals surface area contributed by atoms with Crippen molar-refractivity contribution in [3.8, 4) is 17.2 Å². The zero-order chi connectivity index (χ0) is 12.3. The molecule has 0 N–H and O–H groups in total. The van der Waals surface area contributed by atoms with Crippen molar-refractivity contribution >= 4 is 0 Å². The SMILES string of the molecule is CC(C)c1cc(-c2ccccc2)ccc1C#N. The molecule has 0 atom stereocenters. The topological polar surface area (TPSA) is 23.8 Å². The highest BCUT2D eigenvalue weighted by molar-refractivity contribution is 5.66. The molecule has 0 saturated heterocycles. The molecule has 1 heteroatoms. The molecule has 0 unspecified atom stereocenters. The summed E-state index contributed by atoms with van der Waals surface area (Å²) in [5, 5.41) is 9.08. The van der Waals surface area contributed by atoms with Gasteiger partial charge in [-0.25, -0.2) is 0 Å². The highest BCUT2D eigenvalue weighted by Crippen LogP contribution is 2.26. The van der Waals surface area contributed by atoms with Gasteiger partial charge in [0.2, 0.25) is 0 Å². The summed E-state index contributed by atoms with van der Waals surface area (Å²) in [5.41, 5.74) is 4.26. The summed E-state index contributed by atoms with van der Waals surface area (Å²) < 4.78 is 0. The molecule has 0 bridgehead atoms. The maximum atomic E-state index is 9.08. The molecular formula is C16H15N. The maximum absolute atomic E-state index is 9.08. The van der Waals surface area contributed by atoms with Gasteiger partial charge in [0.1, 0.15) is 0 Å². The van der Waals surface area contributed by atoms with Gasteiger partial charge in [-0.2, -0.15) is 5.26 Å². The zero-order valence-electron chi connectivity index (χ0n) is 10.1. The minimum Gasteiger partial charge on any atom is -0.192 e. The fourth-order valence-electron chi connectivity index (χ4n) is 1.95. The summed E-state index contributed by atoms with van der Waals surface area (Å²) in [4.78, 5) is 0. The molecule has 1 nitrogen and oxygen atoms in total. The summed E-state index contributed by atoms with van der Waals surface area (Å²) in [7, 11) is 0. The predicted octanol–water partition coefficient (Wildman–Crippen LogP) is 4.35. The standard InChI is InChI=1S/C16H15N/c1-12(2)16-10-14(8-9-15(16)11-17)13-6-4-3-5-7-13/h3-10,12H,1-2H3. The second kappa shape index (κ2) is 4.84. The van der Waals surface area contributed by atoms with Gasteiger partial charge >= 0.3 is 0 Å². The summed E-state index contributed by atoms with van der Waals surface area (Å²) in [6.07, 6.45) is 0. The van der Waals surface area contributed by atoms with E-state index in [9.17, 15) is 0 Å². The Hall–Kier alpha value is -2.07. The third kappa shape index (κ3) is 2.37. The number of hydrogen-bond donors (Lipinski definition) is 0. The molecule has 0 aliphatic carbocycles. The first-order chi connectivity index (χ1) is 8.22. The molecule has 0 aromatic heterocycles. The molecule has 0 amide bonds. The van der Waals surface area contributed by atoms with E-state index >= 15 is 0 Å². The molecular weight excluding hydrogens is 206 g/mol. The molecule has 0 spiro atoms. The van der Waals surface area contributed by atoms with E-state index in [2.05, 4.69) is 38.1 Å². The van der Waals surface area contributed by atoms with Crippen molar-refractivity contribution in [1.29, 1.82) is 5.26 Å². The molecule has 2 rings (SSSR count). The Balaban J connectivity index is 2.53. The fraction of sp³-hybridized carbons (Fsp3) is 0.188. The Labute approximate surface area is 102 Å². The molecule has 0 heterocycles. The van der Waals surface area contributed by atoms with Gasteiger partial charge in [-0.15, -0.1) is 0 Å². The Kier molecular flexibility index (Phi) is 3.25. The van der Waals surface area contributed by atoms with Crippen molar-refractivity contribution < 1.29 is 0 Å². The lowest BCUT2D eigenvalue weighted by atomic mass is 9.93. The normalized spacial score (nSPS) is 10.2. The monoisotopic (exact) mass is 221 g/mol. The molecule has 0 aliphatic heterocycles. The van der Waals surface area contributed by atoms with E-state index in [4.69, 9.17) is 5.26 Å². The lowest BCUT2D eigenvalue weighted by Crippen LogP contribution is -1.93. The van der Waals surface area contributed by atoms with E-state index in [1.807, 2.05) is 30.3 Å². The van der Waals surface area contributed by atoms with Crippen LogP contribution in [0.3, 0.4) is 0 Å². The van der Waals surface area contributed by atoms with Crippen LogP contribution in [0.15, 0.2) is 48.5 Å². The molecule has 0 saturated carbocycles. The first-order valence-electron chi connectivity index (χ1n) is 5.82. The maximum Gasteiger partial charge on any atom is 0.0994 e. The van der Waals surface area contributed by atoms with Crippen molar-refractivity contribution in [2.24, 2.45) is 0 Å². The van der Waals surface area contributed by atoms with Crippen LogP contribution in [0.5, 0.6) is 0 Å². The van der Waals surface area contributed by atoms with Crippen LogP contribution in [0, 0.1) is 11.3 Å². The zero-order valence-corrected chi connectivity index (χ0v) is 10.1. The lowest BCUT2D eigenvalue weighted by molar-refractivity contribution is 0.863. The van der Waals surface area contributed by atoms with E-state index in [-0.39, 0.29) is 0 Å². The lowest BCUT2D eigenvalue weighted by Gasteiger charge is -2.10. The first kappa shape index (κ1) is 11.4. The van der Waals surface area contributed by atoms with E-state index in [1.165, 1.54) is 11.1 Å². The number of nitriles is 1. The number of hydrogen-bond acceptors (Lipinski definition) is 1. The smallest absolute Gasteiger partial charge is 0.0994 e. The molecule has 0 aliphatic rings. The summed E-state index contributed by atoms with van der Waals surface area (Å²) in [6, 6.07) is 18.6. The Morgan fingerprint density at radius 1 is 0.941 bits per heavy atom. The van der Waals surface area contributed by atoms with E-state index in [0.717, 1.165) is 11.1 Å². The van der Waals surface area contributed by atoms with Gasteiger partial charge in [0.15, 0.2) is 0 Å². The molecule has 2 aromatic carbocycles. The van der Waals surface area contributed by atoms with Crippen LogP contribution in [0.2, 0.25) is 0 Å². The van der Waals surface area contributed by atoms with E-state index in [0.29, 0.717) is 5.92 Å². The van der Waals surface area contributed by atoms with Gasteiger partial charge in [-0.3, -0.25) is 0 Å². The van der Waals surface area contributed by atoms with Crippen LogP contribution in [-0.2, 0) is 0 Å². The van der Waals surface area contributed by atoms with Crippen molar-refractivity contribution in [3.63, 3.8) is 0 Å². The Morgan fingerprint density at radius 3 is 2.24 bits per heavy atom. The second-order valence-corrected chi connectivity index (χ2v) is 4.43. The van der Waals surface area contributed by atoms with Crippen molar-refractivity contribution in [3.05, 3.63) is 59.7 Å².